The minimum Gasteiger partial charge on any atom is -0.328 e. The summed E-state index contributed by atoms with van der Waals surface area (Å²) in [6.45, 7) is 2.05. The van der Waals surface area contributed by atoms with Crippen LogP contribution in [0.4, 0.5) is 0 Å². The van der Waals surface area contributed by atoms with Crippen molar-refractivity contribution < 1.29 is 0 Å². The van der Waals surface area contributed by atoms with Crippen LogP contribution in [0.25, 0.3) is 0 Å². The predicted molar refractivity (Wildman–Crippen MR) is 59.0 cm³/mol. The molecular weight excluding hydrogens is 174 g/mol. The molecule has 3 heteroatoms. The van der Waals surface area contributed by atoms with E-state index >= 15 is 0 Å². The summed E-state index contributed by atoms with van der Waals surface area (Å²) in [6.07, 6.45) is 9.48. The molecule has 1 aliphatic heterocycles. The highest BCUT2D eigenvalue weighted by Gasteiger charge is 2.30. The van der Waals surface area contributed by atoms with Gasteiger partial charge in [0.2, 0.25) is 0 Å². The van der Waals surface area contributed by atoms with E-state index in [0.29, 0.717) is 12.0 Å². The third kappa shape index (κ3) is 1.60. The van der Waals surface area contributed by atoms with Crippen LogP contribution in [-0.4, -0.2) is 30.4 Å². The average molecular weight is 191 g/mol. The van der Waals surface area contributed by atoms with E-state index in [4.69, 9.17) is 5.73 Å². The molecule has 3 nitrogen and oxygen atoms in total. The average Bonchev–Trinajstić information content (AvgIpc) is 2.49. The molecule has 1 heterocycles. The minimum absolute atomic E-state index is 0.229. The van der Waals surface area contributed by atoms with Crippen LogP contribution in [-0.2, 0) is 0 Å². The van der Waals surface area contributed by atoms with Crippen LogP contribution < -0.4 is 5.73 Å². The molecule has 0 bridgehead atoms. The van der Waals surface area contributed by atoms with Gasteiger partial charge in [-0.25, -0.2) is 0 Å². The Morgan fingerprint density at radius 2 is 2.43 bits per heavy atom. The smallest absolute Gasteiger partial charge is 0.0766 e. The lowest BCUT2D eigenvalue weighted by Crippen LogP contribution is -2.31. The molecule has 14 heavy (non-hydrogen) atoms. The highest BCUT2D eigenvalue weighted by Crippen LogP contribution is 2.29. The summed E-state index contributed by atoms with van der Waals surface area (Å²) < 4.78 is 0. The summed E-state index contributed by atoms with van der Waals surface area (Å²) in [7, 11) is 2.01. The number of hydrogen-bond acceptors (Lipinski definition) is 3. The van der Waals surface area contributed by atoms with Crippen molar-refractivity contribution in [3.8, 4) is 0 Å². The summed E-state index contributed by atoms with van der Waals surface area (Å²) >= 11 is 0. The van der Waals surface area contributed by atoms with E-state index in [0.717, 1.165) is 6.42 Å². The van der Waals surface area contributed by atoms with Gasteiger partial charge in [0, 0.05) is 25.2 Å². The van der Waals surface area contributed by atoms with E-state index in [9.17, 15) is 0 Å². The largest absolute Gasteiger partial charge is 0.328 e. The number of allylic oxidation sites excluding steroid dienone is 2. The lowest BCUT2D eigenvalue weighted by Gasteiger charge is -2.26. The van der Waals surface area contributed by atoms with Crippen LogP contribution in [0, 0.1) is 5.92 Å². The van der Waals surface area contributed by atoms with Gasteiger partial charge in [-0.3, -0.25) is 5.01 Å². The molecule has 0 saturated heterocycles. The molecule has 3 unspecified atom stereocenters. The van der Waals surface area contributed by atoms with E-state index in [-0.39, 0.29) is 6.04 Å². The standard InChI is InChI=1S/C11H17N3/c1-8(12)6-9-4-3-5-11-10(9)7-13-14(11)2/h3-5,7-8,10-11H,6,12H2,1-2H3. The third-order valence-electron chi connectivity index (χ3n) is 2.81. The van der Waals surface area contributed by atoms with Gasteiger partial charge in [-0.2, -0.15) is 5.10 Å². The van der Waals surface area contributed by atoms with Crippen molar-refractivity contribution in [2.75, 3.05) is 7.05 Å². The number of hydrazone groups is 1. The fourth-order valence-corrected chi connectivity index (χ4v) is 2.11. The normalized spacial score (nSPS) is 31.6. The molecule has 3 atom stereocenters. The Kier molecular flexibility index (Phi) is 2.42. The second-order valence-corrected chi connectivity index (χ2v) is 4.16. The Balaban J connectivity index is 2.15. The summed E-state index contributed by atoms with van der Waals surface area (Å²) in [5.74, 6) is 0.441. The molecule has 0 aromatic carbocycles. The number of likely N-dealkylation sites (N-methyl/N-ethyl adjacent to an activating group) is 1. The van der Waals surface area contributed by atoms with Gasteiger partial charge in [0.15, 0.2) is 0 Å². The van der Waals surface area contributed by atoms with Crippen molar-refractivity contribution >= 4 is 6.21 Å². The number of fused-ring (bicyclic) bond motifs is 1. The van der Waals surface area contributed by atoms with Crippen LogP contribution in [0.15, 0.2) is 28.9 Å². The Bertz CT molecular complexity index is 302. The summed E-state index contributed by atoms with van der Waals surface area (Å²) in [5.41, 5.74) is 7.22. The summed E-state index contributed by atoms with van der Waals surface area (Å²) in [4.78, 5) is 0. The van der Waals surface area contributed by atoms with Crippen molar-refractivity contribution in [2.24, 2.45) is 16.8 Å². The maximum atomic E-state index is 5.82. The maximum absolute atomic E-state index is 5.82. The lowest BCUT2D eigenvalue weighted by molar-refractivity contribution is 0.300. The van der Waals surface area contributed by atoms with E-state index in [1.54, 1.807) is 0 Å². The van der Waals surface area contributed by atoms with Gasteiger partial charge in [-0.1, -0.05) is 23.8 Å². The van der Waals surface area contributed by atoms with Crippen molar-refractivity contribution in [1.29, 1.82) is 0 Å². The highest BCUT2D eigenvalue weighted by molar-refractivity contribution is 5.69. The van der Waals surface area contributed by atoms with E-state index < -0.39 is 0 Å². The third-order valence-corrected chi connectivity index (χ3v) is 2.81. The van der Waals surface area contributed by atoms with Gasteiger partial charge in [0.25, 0.3) is 0 Å². The number of nitrogens with zero attached hydrogens (tertiary/aromatic N) is 2. The number of rotatable bonds is 2. The van der Waals surface area contributed by atoms with Crippen LogP contribution in [0.3, 0.4) is 0 Å². The molecule has 76 valence electrons. The first-order valence-corrected chi connectivity index (χ1v) is 5.08. The molecule has 1 aliphatic carbocycles. The SMILES string of the molecule is CC(N)CC1=CC=CC2C1C=NN2C. The Morgan fingerprint density at radius 1 is 1.64 bits per heavy atom. The van der Waals surface area contributed by atoms with Gasteiger partial charge >= 0.3 is 0 Å². The lowest BCUT2D eigenvalue weighted by atomic mass is 9.85. The fraction of sp³-hybridized carbons (Fsp3) is 0.545. The first-order valence-electron chi connectivity index (χ1n) is 5.08. The highest BCUT2D eigenvalue weighted by atomic mass is 15.5. The predicted octanol–water partition coefficient (Wildman–Crippen LogP) is 1.14. The topological polar surface area (TPSA) is 41.6 Å². The molecule has 0 amide bonds. The van der Waals surface area contributed by atoms with Crippen LogP contribution in [0.1, 0.15) is 13.3 Å². The molecule has 2 rings (SSSR count). The minimum atomic E-state index is 0.229. The number of nitrogens with two attached hydrogens (primary N) is 1. The van der Waals surface area contributed by atoms with E-state index in [1.807, 2.05) is 25.2 Å². The Labute approximate surface area is 85.0 Å². The molecule has 2 aliphatic rings. The molecule has 0 fully saturated rings. The van der Waals surface area contributed by atoms with Gasteiger partial charge in [0.05, 0.1) is 6.04 Å². The maximum Gasteiger partial charge on any atom is 0.0766 e. The van der Waals surface area contributed by atoms with Crippen LogP contribution >= 0.6 is 0 Å². The molecule has 0 aromatic rings. The fourth-order valence-electron chi connectivity index (χ4n) is 2.11. The molecule has 2 N–H and O–H groups in total. The van der Waals surface area contributed by atoms with Gasteiger partial charge in [0.1, 0.15) is 0 Å². The molecule has 0 spiro atoms. The van der Waals surface area contributed by atoms with Crippen molar-refractivity contribution in [2.45, 2.75) is 25.4 Å². The van der Waals surface area contributed by atoms with E-state index in [1.165, 1.54) is 5.57 Å². The summed E-state index contributed by atoms with van der Waals surface area (Å²) in [6, 6.07) is 0.640. The Morgan fingerprint density at radius 3 is 3.14 bits per heavy atom. The first-order chi connectivity index (χ1) is 6.68. The quantitative estimate of drug-likeness (QED) is 0.711. The van der Waals surface area contributed by atoms with Crippen LogP contribution in [0.5, 0.6) is 0 Å². The second-order valence-electron chi connectivity index (χ2n) is 4.16. The van der Waals surface area contributed by atoms with Gasteiger partial charge in [-0.15, -0.1) is 0 Å². The monoisotopic (exact) mass is 191 g/mol. The Hall–Kier alpha value is -1.09. The zero-order valence-corrected chi connectivity index (χ0v) is 8.72. The molecular formula is C11H17N3. The van der Waals surface area contributed by atoms with Crippen LogP contribution in [0.2, 0.25) is 0 Å². The van der Waals surface area contributed by atoms with Crippen molar-refractivity contribution in [1.82, 2.24) is 5.01 Å². The number of hydrogen-bond donors (Lipinski definition) is 1. The zero-order chi connectivity index (χ0) is 10.1. The van der Waals surface area contributed by atoms with Gasteiger partial charge in [-0.05, 0) is 13.3 Å². The van der Waals surface area contributed by atoms with Crippen molar-refractivity contribution in [3.05, 3.63) is 23.8 Å². The molecule has 0 radical (unpaired) electrons. The first kappa shape index (κ1) is 9.46. The molecule has 0 saturated carbocycles. The van der Waals surface area contributed by atoms with Crippen molar-refractivity contribution in [3.63, 3.8) is 0 Å². The zero-order valence-electron chi connectivity index (χ0n) is 8.72. The second kappa shape index (κ2) is 3.58. The molecule has 0 aromatic heterocycles. The van der Waals surface area contributed by atoms with E-state index in [2.05, 4.69) is 23.3 Å². The summed E-state index contributed by atoms with van der Waals surface area (Å²) in [5, 5.41) is 6.32. The van der Waals surface area contributed by atoms with Gasteiger partial charge < -0.3 is 5.73 Å².